The van der Waals surface area contributed by atoms with Crippen LogP contribution in [0.15, 0.2) is 54.6 Å². The molecule has 0 amide bonds. The molecular weight excluding hydrogens is 220 g/mol. The van der Waals surface area contributed by atoms with Gasteiger partial charge in [0.05, 0.1) is 0 Å². The lowest BCUT2D eigenvalue weighted by molar-refractivity contribution is 0.775. The van der Waals surface area contributed by atoms with Crippen LogP contribution < -0.4 is 10.6 Å². The van der Waals surface area contributed by atoms with Gasteiger partial charge in [-0.15, -0.1) is 0 Å². The minimum atomic E-state index is 0.656. The highest BCUT2D eigenvalue weighted by Crippen LogP contribution is 2.30. The Morgan fingerprint density at radius 3 is 2.39 bits per heavy atom. The average molecular weight is 238 g/mol. The Kier molecular flexibility index (Phi) is 2.93. The van der Waals surface area contributed by atoms with E-state index >= 15 is 0 Å². The molecule has 0 saturated carbocycles. The van der Waals surface area contributed by atoms with Crippen LogP contribution in [0.1, 0.15) is 17.9 Å². The molecule has 1 atom stereocenters. The van der Waals surface area contributed by atoms with Crippen molar-refractivity contribution in [2.24, 2.45) is 0 Å². The summed E-state index contributed by atoms with van der Waals surface area (Å²) in [5, 5.41) is 0. The van der Waals surface area contributed by atoms with E-state index in [0.29, 0.717) is 5.92 Å². The van der Waals surface area contributed by atoms with Gasteiger partial charge >= 0.3 is 0 Å². The lowest BCUT2D eigenvalue weighted by Gasteiger charge is -2.19. The van der Waals surface area contributed by atoms with Gasteiger partial charge in [0.15, 0.2) is 0 Å². The minimum Gasteiger partial charge on any atom is -0.399 e. The predicted octanol–water partition coefficient (Wildman–Crippen LogP) is 3.26. The summed E-state index contributed by atoms with van der Waals surface area (Å²) in [6.45, 7) is 2.23. The lowest BCUT2D eigenvalue weighted by atomic mass is 9.99. The molecule has 0 spiro atoms. The largest absolute Gasteiger partial charge is 0.399 e. The van der Waals surface area contributed by atoms with E-state index in [-0.39, 0.29) is 0 Å². The summed E-state index contributed by atoms with van der Waals surface area (Å²) in [4.78, 5) is 2.44. The molecule has 2 N–H and O–H groups in total. The molecule has 92 valence electrons. The summed E-state index contributed by atoms with van der Waals surface area (Å²) >= 11 is 0. The third-order valence-electron chi connectivity index (χ3n) is 3.72. The summed E-state index contributed by atoms with van der Waals surface area (Å²) in [7, 11) is 0. The van der Waals surface area contributed by atoms with Gasteiger partial charge < -0.3 is 10.6 Å². The Morgan fingerprint density at radius 2 is 1.67 bits per heavy atom. The Morgan fingerprint density at radius 1 is 0.944 bits per heavy atom. The predicted molar refractivity (Wildman–Crippen MR) is 76.9 cm³/mol. The second kappa shape index (κ2) is 4.73. The third-order valence-corrected chi connectivity index (χ3v) is 3.72. The maximum absolute atomic E-state index is 5.73. The molecular formula is C16H18N2. The molecule has 1 heterocycles. The van der Waals surface area contributed by atoms with Gasteiger partial charge in [-0.1, -0.05) is 30.3 Å². The molecule has 2 nitrogen and oxygen atoms in total. The number of hydrogen-bond donors (Lipinski definition) is 1. The van der Waals surface area contributed by atoms with Crippen LogP contribution in [0, 0.1) is 0 Å². The van der Waals surface area contributed by atoms with E-state index in [1.54, 1.807) is 0 Å². The Labute approximate surface area is 108 Å². The van der Waals surface area contributed by atoms with Gasteiger partial charge in [0.25, 0.3) is 0 Å². The number of nitrogens with zero attached hydrogens (tertiary/aromatic N) is 1. The molecule has 18 heavy (non-hydrogen) atoms. The number of nitrogen functional groups attached to an aromatic ring is 1. The van der Waals surface area contributed by atoms with Crippen molar-refractivity contribution >= 4 is 11.4 Å². The fourth-order valence-electron chi connectivity index (χ4n) is 2.68. The molecule has 0 bridgehead atoms. The van der Waals surface area contributed by atoms with E-state index in [2.05, 4.69) is 47.4 Å². The van der Waals surface area contributed by atoms with Crippen LogP contribution in [0.2, 0.25) is 0 Å². The molecule has 0 radical (unpaired) electrons. The number of hydrogen-bond acceptors (Lipinski definition) is 2. The van der Waals surface area contributed by atoms with Crippen molar-refractivity contribution in [3.05, 3.63) is 60.2 Å². The quantitative estimate of drug-likeness (QED) is 0.814. The maximum atomic E-state index is 5.73. The van der Waals surface area contributed by atoms with Crippen LogP contribution >= 0.6 is 0 Å². The maximum Gasteiger partial charge on any atom is 0.0367 e. The van der Waals surface area contributed by atoms with Crippen LogP contribution in [0.4, 0.5) is 11.4 Å². The van der Waals surface area contributed by atoms with Crippen molar-refractivity contribution in [2.45, 2.75) is 12.3 Å². The summed E-state index contributed by atoms with van der Waals surface area (Å²) in [6.07, 6.45) is 1.23. The SMILES string of the molecule is Nc1ccc(N2CCC(c3ccccc3)C2)cc1. The zero-order valence-electron chi connectivity index (χ0n) is 10.4. The van der Waals surface area contributed by atoms with Gasteiger partial charge in [0, 0.05) is 30.4 Å². The summed E-state index contributed by atoms with van der Waals surface area (Å²) < 4.78 is 0. The molecule has 3 rings (SSSR count). The molecule has 1 unspecified atom stereocenters. The summed E-state index contributed by atoms with van der Waals surface area (Å²) in [5.41, 5.74) is 9.29. The first kappa shape index (κ1) is 11.1. The molecule has 1 fully saturated rings. The van der Waals surface area contributed by atoms with Crippen LogP contribution in [0.3, 0.4) is 0 Å². The van der Waals surface area contributed by atoms with Gasteiger partial charge in [-0.3, -0.25) is 0 Å². The van der Waals surface area contributed by atoms with Crippen LogP contribution in [-0.4, -0.2) is 13.1 Å². The molecule has 1 aliphatic heterocycles. The standard InChI is InChI=1S/C16H18N2/c17-15-6-8-16(9-7-15)18-11-10-14(12-18)13-4-2-1-3-5-13/h1-9,14H,10-12,17H2. The number of nitrogens with two attached hydrogens (primary N) is 1. The van der Waals surface area contributed by atoms with E-state index in [1.165, 1.54) is 17.7 Å². The fourth-order valence-corrected chi connectivity index (χ4v) is 2.68. The van der Waals surface area contributed by atoms with Crippen molar-refractivity contribution in [2.75, 3.05) is 23.7 Å². The van der Waals surface area contributed by atoms with Crippen molar-refractivity contribution in [1.29, 1.82) is 0 Å². The lowest BCUT2D eigenvalue weighted by Crippen LogP contribution is -2.18. The normalized spacial score (nSPS) is 19.1. The molecule has 2 aromatic rings. The van der Waals surface area contributed by atoms with Crippen LogP contribution in [0.5, 0.6) is 0 Å². The topological polar surface area (TPSA) is 29.3 Å². The van der Waals surface area contributed by atoms with Gasteiger partial charge in [-0.2, -0.15) is 0 Å². The highest BCUT2D eigenvalue weighted by atomic mass is 15.1. The monoisotopic (exact) mass is 238 g/mol. The van der Waals surface area contributed by atoms with Gasteiger partial charge in [-0.05, 0) is 36.2 Å². The van der Waals surface area contributed by atoms with Crippen molar-refractivity contribution < 1.29 is 0 Å². The van der Waals surface area contributed by atoms with Crippen LogP contribution in [-0.2, 0) is 0 Å². The first-order valence-corrected chi connectivity index (χ1v) is 6.48. The third kappa shape index (κ3) is 2.19. The van der Waals surface area contributed by atoms with Crippen LogP contribution in [0.25, 0.3) is 0 Å². The molecule has 1 saturated heterocycles. The van der Waals surface area contributed by atoms with E-state index in [4.69, 9.17) is 5.73 Å². The van der Waals surface area contributed by atoms with E-state index < -0.39 is 0 Å². The Balaban J connectivity index is 1.74. The number of rotatable bonds is 2. The average Bonchev–Trinajstić information content (AvgIpc) is 2.90. The van der Waals surface area contributed by atoms with Crippen molar-refractivity contribution in [3.63, 3.8) is 0 Å². The molecule has 0 aliphatic carbocycles. The highest BCUT2D eigenvalue weighted by molar-refractivity contribution is 5.54. The molecule has 2 heteroatoms. The second-order valence-electron chi connectivity index (χ2n) is 4.93. The van der Waals surface area contributed by atoms with Crippen molar-refractivity contribution in [3.8, 4) is 0 Å². The first-order chi connectivity index (χ1) is 8.83. The zero-order chi connectivity index (χ0) is 12.4. The highest BCUT2D eigenvalue weighted by Gasteiger charge is 2.23. The zero-order valence-corrected chi connectivity index (χ0v) is 10.4. The summed E-state index contributed by atoms with van der Waals surface area (Å²) in [6, 6.07) is 19.0. The smallest absolute Gasteiger partial charge is 0.0367 e. The summed E-state index contributed by atoms with van der Waals surface area (Å²) in [5.74, 6) is 0.656. The molecule has 1 aliphatic rings. The van der Waals surface area contributed by atoms with E-state index in [9.17, 15) is 0 Å². The minimum absolute atomic E-state index is 0.656. The molecule has 2 aromatic carbocycles. The van der Waals surface area contributed by atoms with Crippen molar-refractivity contribution in [1.82, 2.24) is 0 Å². The number of benzene rings is 2. The van der Waals surface area contributed by atoms with E-state index in [0.717, 1.165) is 18.8 Å². The Bertz CT molecular complexity index is 504. The van der Waals surface area contributed by atoms with Gasteiger partial charge in [0.2, 0.25) is 0 Å². The van der Waals surface area contributed by atoms with Gasteiger partial charge in [-0.25, -0.2) is 0 Å². The van der Waals surface area contributed by atoms with Gasteiger partial charge in [0.1, 0.15) is 0 Å². The fraction of sp³-hybridized carbons (Fsp3) is 0.250. The molecule has 0 aromatic heterocycles. The number of anilines is 2. The Hall–Kier alpha value is -1.96. The van der Waals surface area contributed by atoms with E-state index in [1.807, 2.05) is 12.1 Å². The second-order valence-corrected chi connectivity index (χ2v) is 4.93. The first-order valence-electron chi connectivity index (χ1n) is 6.48.